The topological polar surface area (TPSA) is 68.3 Å². The molecule has 2 heterocycles. The number of hydrogen-bond acceptors (Lipinski definition) is 4. The number of anilines is 1. The smallest absolute Gasteiger partial charge is 0.191 e. The lowest BCUT2D eigenvalue weighted by Gasteiger charge is -2.36. The lowest BCUT2D eigenvalue weighted by atomic mass is 10.1. The van der Waals surface area contributed by atoms with Gasteiger partial charge in [-0.3, -0.25) is 4.90 Å². The third kappa shape index (κ3) is 6.97. The summed E-state index contributed by atoms with van der Waals surface area (Å²) in [6.07, 6.45) is 1.63. The predicted molar refractivity (Wildman–Crippen MR) is 143 cm³/mol. The maximum atomic E-state index is 9.64. The van der Waals surface area contributed by atoms with E-state index < -0.39 is 0 Å². The lowest BCUT2D eigenvalue weighted by molar-refractivity contribution is 0.0792. The summed E-state index contributed by atoms with van der Waals surface area (Å²) in [5, 5.41) is 10.4. The Morgan fingerprint density at radius 2 is 1.50 bits per heavy atom. The van der Waals surface area contributed by atoms with E-state index >= 15 is 0 Å². The van der Waals surface area contributed by atoms with Crippen LogP contribution in [0.2, 0.25) is 5.02 Å². The second-order valence-electron chi connectivity index (χ2n) is 8.45. The number of benzene rings is 2. The van der Waals surface area contributed by atoms with Crippen LogP contribution in [0.4, 0.5) is 5.69 Å². The zero-order valence-electron chi connectivity index (χ0n) is 18.4. The number of piperidine rings is 1. The molecule has 0 radical (unpaired) electrons. The van der Waals surface area contributed by atoms with Gasteiger partial charge in [0.1, 0.15) is 0 Å². The molecule has 0 bridgehead atoms. The summed E-state index contributed by atoms with van der Waals surface area (Å²) in [5.41, 5.74) is 9.94. The molecule has 2 fully saturated rings. The van der Waals surface area contributed by atoms with Crippen molar-refractivity contribution in [3.8, 4) is 0 Å². The SMILES string of the molecule is I.NC(=NCc1ccc(CN2CCC(O)CC2)cc1)N1CCN(c2ccc(Cl)cc2)CC1. The largest absolute Gasteiger partial charge is 0.393 e. The molecule has 2 saturated heterocycles. The molecule has 2 aromatic carbocycles. The molecule has 2 aromatic rings. The Kier molecular flexibility index (Phi) is 9.46. The molecule has 0 aliphatic carbocycles. The first-order valence-corrected chi connectivity index (χ1v) is 11.5. The van der Waals surface area contributed by atoms with Crippen molar-refractivity contribution in [1.29, 1.82) is 0 Å². The van der Waals surface area contributed by atoms with E-state index in [2.05, 4.69) is 56.1 Å². The normalized spacial score (nSPS) is 18.5. The van der Waals surface area contributed by atoms with Gasteiger partial charge in [0, 0.05) is 56.5 Å². The van der Waals surface area contributed by atoms with Crippen molar-refractivity contribution in [3.63, 3.8) is 0 Å². The van der Waals surface area contributed by atoms with Gasteiger partial charge in [-0.1, -0.05) is 35.9 Å². The fraction of sp³-hybridized carbons (Fsp3) is 0.458. The highest BCUT2D eigenvalue weighted by Crippen LogP contribution is 2.19. The van der Waals surface area contributed by atoms with Crippen molar-refractivity contribution < 1.29 is 5.11 Å². The van der Waals surface area contributed by atoms with E-state index in [0.717, 1.165) is 63.7 Å². The van der Waals surface area contributed by atoms with E-state index in [1.54, 1.807) is 0 Å². The predicted octanol–water partition coefficient (Wildman–Crippen LogP) is 3.55. The van der Waals surface area contributed by atoms with Gasteiger partial charge in [-0.25, -0.2) is 4.99 Å². The summed E-state index contributed by atoms with van der Waals surface area (Å²) in [5.74, 6) is 0.617. The fourth-order valence-corrected chi connectivity index (χ4v) is 4.33. The van der Waals surface area contributed by atoms with Crippen LogP contribution in [0.15, 0.2) is 53.5 Å². The van der Waals surface area contributed by atoms with Gasteiger partial charge in [0.15, 0.2) is 5.96 Å². The van der Waals surface area contributed by atoms with Crippen LogP contribution in [0.3, 0.4) is 0 Å². The minimum atomic E-state index is -0.123. The third-order valence-corrected chi connectivity index (χ3v) is 6.46. The van der Waals surface area contributed by atoms with Crippen LogP contribution < -0.4 is 10.6 Å². The number of nitrogens with two attached hydrogens (primary N) is 1. The molecule has 2 aliphatic heterocycles. The number of likely N-dealkylation sites (tertiary alicyclic amines) is 1. The third-order valence-electron chi connectivity index (χ3n) is 6.21. The number of hydrogen-bond donors (Lipinski definition) is 2. The van der Waals surface area contributed by atoms with Crippen molar-refractivity contribution in [2.75, 3.05) is 44.2 Å². The Hall–Kier alpha value is -1.55. The van der Waals surface area contributed by atoms with Crippen LogP contribution in [0.5, 0.6) is 0 Å². The van der Waals surface area contributed by atoms with Crippen molar-refractivity contribution >= 4 is 47.2 Å². The van der Waals surface area contributed by atoms with Gasteiger partial charge >= 0.3 is 0 Å². The van der Waals surface area contributed by atoms with E-state index in [0.29, 0.717) is 12.5 Å². The second-order valence-corrected chi connectivity index (χ2v) is 8.89. The van der Waals surface area contributed by atoms with Crippen LogP contribution in [-0.2, 0) is 13.1 Å². The minimum absolute atomic E-state index is 0. The summed E-state index contributed by atoms with van der Waals surface area (Å²) in [4.78, 5) is 11.5. The van der Waals surface area contributed by atoms with Gasteiger partial charge in [0.2, 0.25) is 0 Å². The molecule has 8 heteroatoms. The van der Waals surface area contributed by atoms with Gasteiger partial charge in [-0.15, -0.1) is 24.0 Å². The molecule has 0 spiro atoms. The molecule has 6 nitrogen and oxygen atoms in total. The molecule has 0 aromatic heterocycles. The fourth-order valence-electron chi connectivity index (χ4n) is 4.20. The van der Waals surface area contributed by atoms with E-state index in [4.69, 9.17) is 17.3 Å². The Morgan fingerprint density at radius 3 is 2.12 bits per heavy atom. The van der Waals surface area contributed by atoms with Gasteiger partial charge in [-0.05, 0) is 48.2 Å². The number of guanidine groups is 1. The van der Waals surface area contributed by atoms with E-state index in [1.165, 1.54) is 16.8 Å². The Balaban J connectivity index is 0.00000289. The number of halogens is 2. The van der Waals surface area contributed by atoms with Crippen LogP contribution in [0.25, 0.3) is 0 Å². The van der Waals surface area contributed by atoms with Gasteiger partial charge < -0.3 is 20.6 Å². The molecular formula is C24H33ClIN5O. The van der Waals surface area contributed by atoms with Crippen LogP contribution in [0, 0.1) is 0 Å². The van der Waals surface area contributed by atoms with Gasteiger partial charge in [0.25, 0.3) is 0 Å². The highest BCUT2D eigenvalue weighted by atomic mass is 127. The molecule has 0 atom stereocenters. The van der Waals surface area contributed by atoms with E-state index in [-0.39, 0.29) is 30.1 Å². The Labute approximate surface area is 213 Å². The first-order valence-electron chi connectivity index (χ1n) is 11.1. The maximum Gasteiger partial charge on any atom is 0.191 e. The minimum Gasteiger partial charge on any atom is -0.393 e. The molecule has 0 saturated carbocycles. The Morgan fingerprint density at radius 1 is 0.906 bits per heavy atom. The zero-order chi connectivity index (χ0) is 21.6. The maximum absolute atomic E-state index is 9.64. The summed E-state index contributed by atoms with van der Waals surface area (Å²) < 4.78 is 0. The average molecular weight is 570 g/mol. The highest BCUT2D eigenvalue weighted by molar-refractivity contribution is 14.0. The molecule has 3 N–H and O–H groups in total. The monoisotopic (exact) mass is 569 g/mol. The lowest BCUT2D eigenvalue weighted by Crippen LogP contribution is -2.51. The summed E-state index contributed by atoms with van der Waals surface area (Å²) in [6, 6.07) is 16.6. The number of rotatable bonds is 5. The van der Waals surface area contributed by atoms with Crippen molar-refractivity contribution in [1.82, 2.24) is 9.80 Å². The molecule has 2 aliphatic rings. The van der Waals surface area contributed by atoms with Crippen LogP contribution in [0.1, 0.15) is 24.0 Å². The van der Waals surface area contributed by atoms with Crippen LogP contribution in [-0.4, -0.2) is 66.2 Å². The number of aliphatic hydroxyl groups excluding tert-OH is 1. The summed E-state index contributed by atoms with van der Waals surface area (Å²) in [6.45, 7) is 7.03. The van der Waals surface area contributed by atoms with Crippen molar-refractivity contribution in [2.45, 2.75) is 32.0 Å². The molecular weight excluding hydrogens is 537 g/mol. The average Bonchev–Trinajstić information content (AvgIpc) is 2.80. The molecule has 0 amide bonds. The van der Waals surface area contributed by atoms with Crippen molar-refractivity contribution in [2.24, 2.45) is 10.7 Å². The standard InChI is InChI=1S/C24H32ClN5O.HI/c25-21-5-7-22(8-6-21)29-13-15-30(16-14-29)24(26)27-17-19-1-3-20(4-2-19)18-28-11-9-23(31)10-12-28;/h1-8,23,31H,9-18H2,(H2,26,27);1H. The molecule has 0 unspecified atom stereocenters. The van der Waals surface area contributed by atoms with Gasteiger partial charge in [-0.2, -0.15) is 0 Å². The summed E-state index contributed by atoms with van der Waals surface area (Å²) >= 11 is 5.99. The molecule has 174 valence electrons. The molecule has 4 rings (SSSR count). The summed E-state index contributed by atoms with van der Waals surface area (Å²) in [7, 11) is 0. The van der Waals surface area contributed by atoms with Gasteiger partial charge in [0.05, 0.1) is 12.6 Å². The quantitative estimate of drug-likeness (QED) is 0.328. The van der Waals surface area contributed by atoms with E-state index in [1.807, 2.05) is 12.1 Å². The number of nitrogens with zero attached hydrogens (tertiary/aromatic N) is 4. The first kappa shape index (κ1) is 25.1. The highest BCUT2D eigenvalue weighted by Gasteiger charge is 2.19. The Bertz CT molecular complexity index is 861. The zero-order valence-corrected chi connectivity index (χ0v) is 21.5. The van der Waals surface area contributed by atoms with Crippen molar-refractivity contribution in [3.05, 3.63) is 64.7 Å². The van der Waals surface area contributed by atoms with Crippen LogP contribution >= 0.6 is 35.6 Å². The number of piperazine rings is 1. The number of aliphatic imine (C=N–C) groups is 1. The second kappa shape index (κ2) is 12.1. The first-order chi connectivity index (χ1) is 15.1. The number of aliphatic hydroxyl groups is 1. The van der Waals surface area contributed by atoms with E-state index in [9.17, 15) is 5.11 Å². The molecule has 32 heavy (non-hydrogen) atoms.